The molecule has 0 radical (unpaired) electrons. The second-order valence-corrected chi connectivity index (χ2v) is 9.65. The summed E-state index contributed by atoms with van der Waals surface area (Å²) in [4.78, 5) is 14.8. The predicted octanol–water partition coefficient (Wildman–Crippen LogP) is 5.05. The SMILES string of the molecule is O=C(c1cccc(CS(=O)(=O)c2ccccc2)c1)N1CCCc2cc(Cl)cc(F)c21. The highest BCUT2D eigenvalue weighted by molar-refractivity contribution is 7.90. The summed E-state index contributed by atoms with van der Waals surface area (Å²) < 4.78 is 39.9. The van der Waals surface area contributed by atoms with Crippen molar-refractivity contribution in [1.29, 1.82) is 0 Å². The topological polar surface area (TPSA) is 54.5 Å². The maximum Gasteiger partial charge on any atom is 0.258 e. The number of amides is 1. The van der Waals surface area contributed by atoms with Crippen LogP contribution >= 0.6 is 11.6 Å². The van der Waals surface area contributed by atoms with Crippen LogP contribution in [-0.2, 0) is 22.0 Å². The average molecular weight is 444 g/mol. The number of hydrogen-bond acceptors (Lipinski definition) is 3. The minimum atomic E-state index is -3.54. The Hall–Kier alpha value is -2.70. The fraction of sp³-hybridized carbons (Fsp3) is 0.174. The predicted molar refractivity (Wildman–Crippen MR) is 115 cm³/mol. The zero-order valence-electron chi connectivity index (χ0n) is 16.0. The van der Waals surface area contributed by atoms with Gasteiger partial charge in [-0.15, -0.1) is 0 Å². The van der Waals surface area contributed by atoms with Gasteiger partial charge < -0.3 is 4.90 Å². The molecule has 7 heteroatoms. The van der Waals surface area contributed by atoms with Crippen LogP contribution in [0.3, 0.4) is 0 Å². The molecule has 4 nitrogen and oxygen atoms in total. The molecule has 0 atom stereocenters. The summed E-state index contributed by atoms with van der Waals surface area (Å²) in [5.74, 6) is -1.12. The highest BCUT2D eigenvalue weighted by atomic mass is 35.5. The van der Waals surface area contributed by atoms with Crippen molar-refractivity contribution in [1.82, 2.24) is 0 Å². The Morgan fingerprint density at radius 2 is 1.80 bits per heavy atom. The number of hydrogen-bond donors (Lipinski definition) is 0. The molecule has 0 bridgehead atoms. The lowest BCUT2D eigenvalue weighted by molar-refractivity contribution is 0.0984. The van der Waals surface area contributed by atoms with Gasteiger partial charge in [-0.2, -0.15) is 0 Å². The zero-order valence-corrected chi connectivity index (χ0v) is 17.6. The van der Waals surface area contributed by atoms with Crippen LogP contribution in [0.25, 0.3) is 0 Å². The molecule has 3 aromatic carbocycles. The van der Waals surface area contributed by atoms with E-state index >= 15 is 0 Å². The van der Waals surface area contributed by atoms with E-state index in [9.17, 15) is 17.6 Å². The summed E-state index contributed by atoms with van der Waals surface area (Å²) in [5, 5.41) is 0.300. The van der Waals surface area contributed by atoms with Crippen molar-refractivity contribution < 1.29 is 17.6 Å². The van der Waals surface area contributed by atoms with E-state index in [-0.39, 0.29) is 22.2 Å². The third-order valence-electron chi connectivity index (χ3n) is 5.08. The molecular weight excluding hydrogens is 425 g/mol. The van der Waals surface area contributed by atoms with Crippen LogP contribution in [0, 0.1) is 5.82 Å². The van der Waals surface area contributed by atoms with Crippen LogP contribution in [0.4, 0.5) is 10.1 Å². The second kappa shape index (κ2) is 8.20. The zero-order chi connectivity index (χ0) is 21.3. The summed E-state index contributed by atoms with van der Waals surface area (Å²) in [5.41, 5.74) is 1.76. The van der Waals surface area contributed by atoms with Crippen LogP contribution in [0.1, 0.15) is 27.9 Å². The molecule has 0 saturated heterocycles. The van der Waals surface area contributed by atoms with Crippen molar-refractivity contribution in [3.63, 3.8) is 0 Å². The third kappa shape index (κ3) is 4.11. The van der Waals surface area contributed by atoms with E-state index in [1.54, 1.807) is 60.7 Å². The van der Waals surface area contributed by atoms with E-state index in [1.165, 1.54) is 11.0 Å². The van der Waals surface area contributed by atoms with Gasteiger partial charge >= 0.3 is 0 Å². The smallest absolute Gasteiger partial charge is 0.258 e. The fourth-order valence-electron chi connectivity index (χ4n) is 3.74. The molecule has 30 heavy (non-hydrogen) atoms. The average Bonchev–Trinajstić information content (AvgIpc) is 2.73. The van der Waals surface area contributed by atoms with Gasteiger partial charge in [-0.1, -0.05) is 41.9 Å². The molecule has 154 valence electrons. The Morgan fingerprint density at radius 1 is 1.03 bits per heavy atom. The Labute approximate surface area is 179 Å². The number of nitrogens with zero attached hydrogens (tertiary/aromatic N) is 1. The molecule has 0 aliphatic carbocycles. The number of halogens is 2. The van der Waals surface area contributed by atoms with Crippen molar-refractivity contribution in [2.24, 2.45) is 0 Å². The van der Waals surface area contributed by atoms with Crippen molar-refractivity contribution >= 4 is 33.0 Å². The van der Waals surface area contributed by atoms with Crippen LogP contribution < -0.4 is 4.90 Å². The first kappa shape index (κ1) is 20.6. The van der Waals surface area contributed by atoms with Crippen molar-refractivity contribution in [3.8, 4) is 0 Å². The maximum atomic E-state index is 14.6. The molecule has 1 heterocycles. The molecule has 0 aromatic heterocycles. The van der Waals surface area contributed by atoms with Gasteiger partial charge in [0.05, 0.1) is 16.3 Å². The number of benzene rings is 3. The Morgan fingerprint density at radius 3 is 2.57 bits per heavy atom. The van der Waals surface area contributed by atoms with E-state index < -0.39 is 15.7 Å². The first-order valence-electron chi connectivity index (χ1n) is 9.52. The highest BCUT2D eigenvalue weighted by Crippen LogP contribution is 2.34. The molecule has 1 aliphatic heterocycles. The molecule has 4 rings (SSSR count). The van der Waals surface area contributed by atoms with Crippen LogP contribution in [0.15, 0.2) is 71.6 Å². The summed E-state index contributed by atoms with van der Waals surface area (Å²) in [7, 11) is -3.54. The van der Waals surface area contributed by atoms with E-state index in [0.29, 0.717) is 41.1 Å². The van der Waals surface area contributed by atoms with Crippen LogP contribution in [0.2, 0.25) is 5.02 Å². The van der Waals surface area contributed by atoms with Gasteiger partial charge in [0.25, 0.3) is 5.91 Å². The Bertz CT molecular complexity index is 1210. The second-order valence-electron chi connectivity index (χ2n) is 7.23. The quantitative estimate of drug-likeness (QED) is 0.567. The van der Waals surface area contributed by atoms with E-state index in [2.05, 4.69) is 0 Å². The van der Waals surface area contributed by atoms with Crippen molar-refractivity contribution in [2.45, 2.75) is 23.5 Å². The van der Waals surface area contributed by atoms with Crippen molar-refractivity contribution in [2.75, 3.05) is 11.4 Å². The number of carbonyl (C=O) groups is 1. The summed E-state index contributed by atoms with van der Waals surface area (Å²) in [6, 6.07) is 17.6. The first-order valence-corrected chi connectivity index (χ1v) is 11.5. The van der Waals surface area contributed by atoms with E-state index in [0.717, 1.165) is 0 Å². The first-order chi connectivity index (χ1) is 14.3. The summed E-state index contributed by atoms with van der Waals surface area (Å²) in [6.45, 7) is 0.386. The largest absolute Gasteiger partial charge is 0.305 e. The molecule has 1 amide bonds. The number of fused-ring (bicyclic) bond motifs is 1. The van der Waals surface area contributed by atoms with Gasteiger partial charge in [-0.05, 0) is 60.4 Å². The van der Waals surface area contributed by atoms with Crippen LogP contribution in [-0.4, -0.2) is 20.9 Å². The number of anilines is 1. The number of aryl methyl sites for hydroxylation is 1. The highest BCUT2D eigenvalue weighted by Gasteiger charge is 2.27. The number of rotatable bonds is 4. The molecule has 0 N–H and O–H groups in total. The van der Waals surface area contributed by atoms with Gasteiger partial charge in [-0.3, -0.25) is 4.79 Å². The minimum absolute atomic E-state index is 0.224. The molecule has 0 fully saturated rings. The van der Waals surface area contributed by atoms with Gasteiger partial charge in [0.2, 0.25) is 0 Å². The maximum absolute atomic E-state index is 14.6. The Balaban J connectivity index is 1.64. The van der Waals surface area contributed by atoms with Gasteiger partial charge in [0.15, 0.2) is 9.84 Å². The minimum Gasteiger partial charge on any atom is -0.305 e. The lowest BCUT2D eigenvalue weighted by Gasteiger charge is -2.30. The summed E-state index contributed by atoms with van der Waals surface area (Å²) in [6.07, 6.45) is 1.34. The Kier molecular flexibility index (Phi) is 5.62. The molecular formula is C23H19ClFNO3S. The monoisotopic (exact) mass is 443 g/mol. The lowest BCUT2D eigenvalue weighted by atomic mass is 10.00. The van der Waals surface area contributed by atoms with Gasteiger partial charge in [-0.25, -0.2) is 12.8 Å². The van der Waals surface area contributed by atoms with Gasteiger partial charge in [0.1, 0.15) is 5.82 Å². The van der Waals surface area contributed by atoms with Crippen molar-refractivity contribution in [3.05, 3.63) is 94.3 Å². The fourth-order valence-corrected chi connectivity index (χ4v) is 5.32. The molecule has 1 aliphatic rings. The van der Waals surface area contributed by atoms with Gasteiger partial charge in [0, 0.05) is 17.1 Å². The van der Waals surface area contributed by atoms with E-state index in [4.69, 9.17) is 11.6 Å². The van der Waals surface area contributed by atoms with Crippen LogP contribution in [0.5, 0.6) is 0 Å². The molecule has 0 spiro atoms. The summed E-state index contributed by atoms with van der Waals surface area (Å²) >= 11 is 5.96. The lowest BCUT2D eigenvalue weighted by Crippen LogP contribution is -2.36. The standard InChI is InChI=1S/C23H19ClFNO3S/c24-19-13-17-8-5-11-26(22(17)21(25)14-19)23(27)18-7-4-6-16(12-18)15-30(28,29)20-9-2-1-3-10-20/h1-4,6-7,9-10,12-14H,5,8,11,15H2. The molecule has 0 unspecified atom stereocenters. The third-order valence-corrected chi connectivity index (χ3v) is 7.00. The normalized spacial score (nSPS) is 13.7. The molecule has 3 aromatic rings. The number of sulfone groups is 1. The molecule has 0 saturated carbocycles. The van der Waals surface area contributed by atoms with E-state index in [1.807, 2.05) is 0 Å². The number of carbonyl (C=O) groups excluding carboxylic acids is 1.